The van der Waals surface area contributed by atoms with Gasteiger partial charge in [0.05, 0.1) is 23.7 Å². The van der Waals surface area contributed by atoms with Crippen molar-refractivity contribution in [2.24, 2.45) is 39.9 Å². The van der Waals surface area contributed by atoms with E-state index in [0.29, 0.717) is 16.7 Å². The van der Waals surface area contributed by atoms with Gasteiger partial charge >= 0.3 is 0 Å². The number of rotatable bonds is 5. The van der Waals surface area contributed by atoms with E-state index in [9.17, 15) is 15.5 Å². The molecule has 30 heavy (non-hydrogen) atoms. The standard InChI is InChI=1S/C27H41NO2/c1-25-13-11-23-21(8-6-19-16-20(29)10-12-26(19,23)2)22(25)9-7-18(25)4-3-5-24(30)27(17-28)14-15-27/h11,18-22,24,29-30H,3-10,12-16H2,1-2H3. The minimum Gasteiger partial charge on any atom is -0.393 e. The van der Waals surface area contributed by atoms with Crippen LogP contribution in [0.4, 0.5) is 0 Å². The zero-order chi connectivity index (χ0) is 21.1. The molecule has 0 radical (unpaired) electrons. The molecule has 0 aromatic heterocycles. The predicted molar refractivity (Wildman–Crippen MR) is 118 cm³/mol. The Morgan fingerprint density at radius 2 is 1.93 bits per heavy atom. The van der Waals surface area contributed by atoms with E-state index in [-0.39, 0.29) is 6.10 Å². The van der Waals surface area contributed by atoms with Crippen LogP contribution in [-0.4, -0.2) is 22.4 Å². The first-order valence-corrected chi connectivity index (χ1v) is 12.8. The number of nitriles is 1. The van der Waals surface area contributed by atoms with E-state index in [1.807, 2.05) is 0 Å². The van der Waals surface area contributed by atoms with Crippen LogP contribution in [0.3, 0.4) is 0 Å². The number of hydrogen-bond acceptors (Lipinski definition) is 3. The fourth-order valence-corrected chi connectivity index (χ4v) is 8.57. The van der Waals surface area contributed by atoms with Crippen LogP contribution in [0.2, 0.25) is 0 Å². The number of aliphatic hydroxyl groups is 2. The summed E-state index contributed by atoms with van der Waals surface area (Å²) in [6, 6.07) is 2.37. The van der Waals surface area contributed by atoms with Crippen LogP contribution in [0.25, 0.3) is 0 Å². The Morgan fingerprint density at radius 3 is 2.67 bits per heavy atom. The van der Waals surface area contributed by atoms with Gasteiger partial charge < -0.3 is 10.2 Å². The third-order valence-electron chi connectivity index (χ3n) is 10.9. The number of hydrogen-bond donors (Lipinski definition) is 2. The average Bonchev–Trinajstić information content (AvgIpc) is 3.46. The third-order valence-corrected chi connectivity index (χ3v) is 10.9. The van der Waals surface area contributed by atoms with Crippen molar-refractivity contribution in [1.82, 2.24) is 0 Å². The van der Waals surface area contributed by atoms with Gasteiger partial charge in [-0.3, -0.25) is 0 Å². The second kappa shape index (κ2) is 7.35. The molecular weight excluding hydrogens is 370 g/mol. The summed E-state index contributed by atoms with van der Waals surface area (Å²) in [6.07, 6.45) is 16.8. The van der Waals surface area contributed by atoms with Crippen molar-refractivity contribution in [3.05, 3.63) is 11.6 Å². The van der Waals surface area contributed by atoms with Crippen molar-refractivity contribution in [3.63, 3.8) is 0 Å². The maximum atomic E-state index is 10.5. The largest absolute Gasteiger partial charge is 0.393 e. The van der Waals surface area contributed by atoms with Gasteiger partial charge in [0.25, 0.3) is 0 Å². The molecule has 166 valence electrons. The lowest BCUT2D eigenvalue weighted by Gasteiger charge is -2.56. The first-order valence-electron chi connectivity index (χ1n) is 12.8. The Balaban J connectivity index is 1.26. The van der Waals surface area contributed by atoms with E-state index in [4.69, 9.17) is 0 Å². The van der Waals surface area contributed by atoms with Gasteiger partial charge in [0.15, 0.2) is 0 Å². The number of aliphatic hydroxyl groups excluding tert-OH is 2. The molecule has 5 aliphatic carbocycles. The Labute approximate surface area is 182 Å². The maximum Gasteiger partial charge on any atom is 0.0833 e. The molecule has 0 aliphatic heterocycles. The Hall–Kier alpha value is -0.850. The van der Waals surface area contributed by atoms with Gasteiger partial charge in [-0.25, -0.2) is 0 Å². The molecule has 0 spiro atoms. The lowest BCUT2D eigenvalue weighted by atomic mass is 9.48. The summed E-state index contributed by atoms with van der Waals surface area (Å²) < 4.78 is 0. The summed E-state index contributed by atoms with van der Waals surface area (Å²) in [7, 11) is 0. The van der Waals surface area contributed by atoms with Gasteiger partial charge in [0.1, 0.15) is 0 Å². The summed E-state index contributed by atoms with van der Waals surface area (Å²) in [4.78, 5) is 0. The van der Waals surface area contributed by atoms with Crippen molar-refractivity contribution < 1.29 is 10.2 Å². The molecule has 0 saturated heterocycles. The number of fused-ring (bicyclic) bond motifs is 5. The molecule has 8 unspecified atom stereocenters. The van der Waals surface area contributed by atoms with Crippen molar-refractivity contribution >= 4 is 0 Å². The van der Waals surface area contributed by atoms with Crippen LogP contribution in [0.15, 0.2) is 11.6 Å². The molecule has 5 rings (SSSR count). The number of nitrogens with zero attached hydrogens (tertiary/aromatic N) is 1. The van der Waals surface area contributed by atoms with Crippen LogP contribution in [-0.2, 0) is 0 Å². The highest BCUT2D eigenvalue weighted by molar-refractivity contribution is 5.29. The van der Waals surface area contributed by atoms with E-state index in [2.05, 4.69) is 26.0 Å². The summed E-state index contributed by atoms with van der Waals surface area (Å²) in [5.41, 5.74) is 2.13. The van der Waals surface area contributed by atoms with Crippen molar-refractivity contribution in [2.75, 3.05) is 0 Å². The molecule has 0 aromatic carbocycles. The summed E-state index contributed by atoms with van der Waals surface area (Å²) in [6.45, 7) is 5.08. The SMILES string of the molecule is CC12CCC(O)CC1CCC1C2=CCC2(C)C(CCCC(O)C3(C#N)CC3)CCC12. The van der Waals surface area contributed by atoms with Gasteiger partial charge in [-0.05, 0) is 112 Å². The third kappa shape index (κ3) is 3.12. The van der Waals surface area contributed by atoms with Crippen molar-refractivity contribution in [1.29, 1.82) is 5.26 Å². The van der Waals surface area contributed by atoms with Crippen LogP contribution >= 0.6 is 0 Å². The average molecular weight is 412 g/mol. The molecule has 0 heterocycles. The molecule has 0 aromatic rings. The van der Waals surface area contributed by atoms with Gasteiger partial charge in [-0.2, -0.15) is 5.26 Å². The van der Waals surface area contributed by atoms with Crippen molar-refractivity contribution in [3.8, 4) is 6.07 Å². The Morgan fingerprint density at radius 1 is 1.13 bits per heavy atom. The minimum absolute atomic E-state index is 0.0731. The molecule has 4 saturated carbocycles. The van der Waals surface area contributed by atoms with Crippen LogP contribution in [0, 0.1) is 51.2 Å². The Kier molecular flexibility index (Phi) is 5.15. The fourth-order valence-electron chi connectivity index (χ4n) is 8.57. The Bertz CT molecular complexity index is 748. The monoisotopic (exact) mass is 411 g/mol. The highest BCUT2D eigenvalue weighted by atomic mass is 16.3. The lowest BCUT2D eigenvalue weighted by Crippen LogP contribution is -2.48. The molecule has 4 fully saturated rings. The second-order valence-electron chi connectivity index (χ2n) is 12.2. The quantitative estimate of drug-likeness (QED) is 0.565. The van der Waals surface area contributed by atoms with Gasteiger partial charge in [0.2, 0.25) is 0 Å². The molecule has 3 heteroatoms. The predicted octanol–water partition coefficient (Wildman–Crippen LogP) is 5.76. The van der Waals surface area contributed by atoms with Gasteiger partial charge in [-0.15, -0.1) is 0 Å². The molecule has 8 atom stereocenters. The van der Waals surface area contributed by atoms with E-state index < -0.39 is 11.5 Å². The number of allylic oxidation sites excluding steroid dienone is 2. The maximum absolute atomic E-state index is 10.5. The summed E-state index contributed by atoms with van der Waals surface area (Å²) >= 11 is 0. The molecule has 3 nitrogen and oxygen atoms in total. The summed E-state index contributed by atoms with van der Waals surface area (Å²) in [5, 5.41) is 30.0. The smallest absolute Gasteiger partial charge is 0.0833 e. The minimum atomic E-state index is -0.415. The highest BCUT2D eigenvalue weighted by Gasteiger charge is 2.57. The van der Waals surface area contributed by atoms with Crippen LogP contribution in [0.1, 0.15) is 97.3 Å². The molecule has 5 aliphatic rings. The zero-order valence-electron chi connectivity index (χ0n) is 19.1. The van der Waals surface area contributed by atoms with Gasteiger partial charge in [0, 0.05) is 0 Å². The fraction of sp³-hybridized carbons (Fsp3) is 0.889. The van der Waals surface area contributed by atoms with E-state index >= 15 is 0 Å². The second-order valence-corrected chi connectivity index (χ2v) is 12.2. The van der Waals surface area contributed by atoms with Crippen LogP contribution < -0.4 is 0 Å². The highest BCUT2D eigenvalue weighted by Crippen LogP contribution is 2.66. The van der Waals surface area contributed by atoms with Crippen LogP contribution in [0.5, 0.6) is 0 Å². The van der Waals surface area contributed by atoms with E-state index in [1.165, 1.54) is 44.9 Å². The molecule has 2 N–H and O–H groups in total. The molecule has 0 amide bonds. The normalized spacial score (nSPS) is 47.3. The lowest BCUT2D eigenvalue weighted by molar-refractivity contribution is -0.0128. The first-order chi connectivity index (χ1) is 14.3. The van der Waals surface area contributed by atoms with E-state index in [1.54, 1.807) is 5.57 Å². The topological polar surface area (TPSA) is 64.2 Å². The first kappa shape index (κ1) is 21.0. The molecular formula is C27H41NO2. The van der Waals surface area contributed by atoms with Crippen molar-refractivity contribution in [2.45, 2.75) is 110 Å². The van der Waals surface area contributed by atoms with Gasteiger partial charge in [-0.1, -0.05) is 31.9 Å². The summed E-state index contributed by atoms with van der Waals surface area (Å²) in [5.74, 6) is 3.04. The molecule has 0 bridgehead atoms. The van der Waals surface area contributed by atoms with E-state index in [0.717, 1.165) is 56.3 Å². The zero-order valence-corrected chi connectivity index (χ0v) is 19.1.